The van der Waals surface area contributed by atoms with Crippen LogP contribution in [0.25, 0.3) is 0 Å². The van der Waals surface area contributed by atoms with E-state index in [1.165, 1.54) is 0 Å². The van der Waals surface area contributed by atoms with Crippen LogP contribution in [-0.2, 0) is 11.3 Å². The van der Waals surface area contributed by atoms with Crippen LogP contribution in [0.1, 0.15) is 19.6 Å². The Hall–Kier alpha value is -0.810. The molecule has 0 saturated heterocycles. The number of hydrogen-bond acceptors (Lipinski definition) is 3. The monoisotopic (exact) mass is 274 g/mol. The summed E-state index contributed by atoms with van der Waals surface area (Å²) in [6.07, 6.45) is 0. The normalized spacial score (nSPS) is 13.1. The summed E-state index contributed by atoms with van der Waals surface area (Å²) in [7, 11) is 0. The van der Waals surface area contributed by atoms with Crippen molar-refractivity contribution in [2.24, 2.45) is 11.7 Å². The highest BCUT2D eigenvalue weighted by atomic mass is 79.9. The van der Waals surface area contributed by atoms with Gasteiger partial charge < -0.3 is 10.2 Å². The summed E-state index contributed by atoms with van der Waals surface area (Å²) >= 11 is 3.21. The van der Waals surface area contributed by atoms with Crippen LogP contribution in [0.2, 0.25) is 0 Å². The number of halogens is 1. The molecule has 0 radical (unpaired) electrons. The fourth-order valence-electron chi connectivity index (χ4n) is 1.32. The van der Waals surface area contributed by atoms with E-state index in [1.54, 1.807) is 0 Å². The van der Waals surface area contributed by atoms with Crippen LogP contribution in [0.3, 0.4) is 0 Å². The Morgan fingerprint density at radius 3 is 2.67 bits per heavy atom. The molecule has 3 N–H and O–H groups in total. The van der Waals surface area contributed by atoms with Crippen LogP contribution in [0.15, 0.2) is 21.2 Å². The molecule has 0 aliphatic heterocycles. The zero-order chi connectivity index (χ0) is 11.4. The summed E-state index contributed by atoms with van der Waals surface area (Å²) in [4.78, 5) is 11.1. The maximum Gasteiger partial charge on any atom is 0.234 e. The molecule has 1 rings (SSSR count). The largest absolute Gasteiger partial charge is 0.453 e. The van der Waals surface area contributed by atoms with Crippen molar-refractivity contribution in [2.45, 2.75) is 26.4 Å². The lowest BCUT2D eigenvalue weighted by Gasteiger charge is -2.17. The molecule has 0 saturated carbocycles. The number of amides is 1. The van der Waals surface area contributed by atoms with E-state index in [2.05, 4.69) is 21.2 Å². The predicted octanol–water partition coefficient (Wildman–Crippen LogP) is 1.64. The first kappa shape index (κ1) is 12.3. The van der Waals surface area contributed by atoms with E-state index in [-0.39, 0.29) is 17.9 Å². The summed E-state index contributed by atoms with van der Waals surface area (Å²) in [6, 6.07) is 3.33. The molecule has 5 heteroatoms. The van der Waals surface area contributed by atoms with Crippen molar-refractivity contribution in [3.63, 3.8) is 0 Å². The molecular weight excluding hydrogens is 260 g/mol. The SMILES string of the molecule is CC(C)C(NCc1ccc(Br)o1)C(N)=O. The molecule has 4 nitrogen and oxygen atoms in total. The van der Waals surface area contributed by atoms with Crippen molar-refractivity contribution in [1.82, 2.24) is 5.32 Å². The number of carbonyl (C=O) groups excluding carboxylic acids is 1. The van der Waals surface area contributed by atoms with Gasteiger partial charge in [-0.05, 0) is 34.0 Å². The molecule has 1 atom stereocenters. The number of carbonyl (C=O) groups is 1. The van der Waals surface area contributed by atoms with Crippen molar-refractivity contribution in [2.75, 3.05) is 0 Å². The number of furan rings is 1. The predicted molar refractivity (Wildman–Crippen MR) is 61.1 cm³/mol. The van der Waals surface area contributed by atoms with Gasteiger partial charge in [-0.25, -0.2) is 0 Å². The highest BCUT2D eigenvalue weighted by Gasteiger charge is 2.18. The van der Waals surface area contributed by atoms with Crippen molar-refractivity contribution < 1.29 is 9.21 Å². The lowest BCUT2D eigenvalue weighted by Crippen LogP contribution is -2.44. The van der Waals surface area contributed by atoms with E-state index >= 15 is 0 Å². The molecule has 0 fully saturated rings. The van der Waals surface area contributed by atoms with Crippen LogP contribution in [-0.4, -0.2) is 11.9 Å². The Labute approximate surface area is 97.3 Å². The molecular formula is C10H15BrN2O2. The minimum absolute atomic E-state index is 0.168. The minimum atomic E-state index is -0.337. The van der Waals surface area contributed by atoms with Crippen molar-refractivity contribution in [1.29, 1.82) is 0 Å². The Bertz CT molecular complexity index is 336. The first-order valence-electron chi connectivity index (χ1n) is 4.77. The van der Waals surface area contributed by atoms with Crippen molar-refractivity contribution >= 4 is 21.8 Å². The van der Waals surface area contributed by atoms with Gasteiger partial charge in [0.25, 0.3) is 0 Å². The quantitative estimate of drug-likeness (QED) is 0.858. The van der Waals surface area contributed by atoms with Gasteiger partial charge >= 0.3 is 0 Å². The zero-order valence-corrected chi connectivity index (χ0v) is 10.4. The maximum atomic E-state index is 11.1. The van der Waals surface area contributed by atoms with Crippen LogP contribution < -0.4 is 11.1 Å². The second kappa shape index (κ2) is 5.32. The first-order chi connectivity index (χ1) is 7.00. The maximum absolute atomic E-state index is 11.1. The Morgan fingerprint density at radius 1 is 1.60 bits per heavy atom. The van der Waals surface area contributed by atoms with E-state index in [1.807, 2.05) is 26.0 Å². The third-order valence-corrected chi connectivity index (χ3v) is 2.52. The van der Waals surface area contributed by atoms with Gasteiger partial charge in [-0.3, -0.25) is 10.1 Å². The van der Waals surface area contributed by atoms with E-state index in [4.69, 9.17) is 10.2 Å². The van der Waals surface area contributed by atoms with Crippen molar-refractivity contribution in [3.8, 4) is 0 Å². The van der Waals surface area contributed by atoms with E-state index in [0.29, 0.717) is 11.2 Å². The number of rotatable bonds is 5. The number of nitrogens with one attached hydrogen (secondary N) is 1. The van der Waals surface area contributed by atoms with Crippen LogP contribution in [0, 0.1) is 5.92 Å². The Kier molecular flexibility index (Phi) is 4.35. The van der Waals surface area contributed by atoms with Gasteiger partial charge in [0.1, 0.15) is 5.76 Å². The molecule has 0 aliphatic carbocycles. The third-order valence-electron chi connectivity index (χ3n) is 2.10. The van der Waals surface area contributed by atoms with Gasteiger partial charge in [0.2, 0.25) is 5.91 Å². The summed E-state index contributed by atoms with van der Waals surface area (Å²) in [6.45, 7) is 4.39. The van der Waals surface area contributed by atoms with Gasteiger partial charge in [0.15, 0.2) is 4.67 Å². The standard InChI is InChI=1S/C10H15BrN2O2/c1-6(2)9(10(12)14)13-5-7-3-4-8(11)15-7/h3-4,6,9,13H,5H2,1-2H3,(H2,12,14). The fourth-order valence-corrected chi connectivity index (χ4v) is 1.66. The van der Waals surface area contributed by atoms with Crippen molar-refractivity contribution in [3.05, 3.63) is 22.6 Å². The van der Waals surface area contributed by atoms with Crippen LogP contribution >= 0.6 is 15.9 Å². The molecule has 15 heavy (non-hydrogen) atoms. The molecule has 0 aliphatic rings. The molecule has 0 aromatic carbocycles. The van der Waals surface area contributed by atoms with Gasteiger partial charge in [0.05, 0.1) is 12.6 Å². The molecule has 0 bridgehead atoms. The summed E-state index contributed by atoms with van der Waals surface area (Å²) in [5.74, 6) is 0.602. The zero-order valence-electron chi connectivity index (χ0n) is 8.79. The van der Waals surface area contributed by atoms with Gasteiger partial charge in [0, 0.05) is 0 Å². The summed E-state index contributed by atoms with van der Waals surface area (Å²) in [5, 5.41) is 3.06. The lowest BCUT2D eigenvalue weighted by atomic mass is 10.0. The second-order valence-corrected chi connectivity index (χ2v) is 4.49. The van der Waals surface area contributed by atoms with E-state index in [0.717, 1.165) is 5.76 Å². The second-order valence-electron chi connectivity index (χ2n) is 3.71. The first-order valence-corrected chi connectivity index (χ1v) is 5.57. The molecule has 1 unspecified atom stereocenters. The van der Waals surface area contributed by atoms with Gasteiger partial charge in [-0.1, -0.05) is 13.8 Å². The average Bonchev–Trinajstić information content (AvgIpc) is 2.50. The Balaban J connectivity index is 2.50. The number of primary amides is 1. The van der Waals surface area contributed by atoms with Crippen LogP contribution in [0.5, 0.6) is 0 Å². The molecule has 1 aromatic rings. The van der Waals surface area contributed by atoms with Crippen LogP contribution in [0.4, 0.5) is 0 Å². The summed E-state index contributed by atoms with van der Waals surface area (Å²) in [5.41, 5.74) is 5.27. The van der Waals surface area contributed by atoms with E-state index < -0.39 is 0 Å². The molecule has 84 valence electrons. The average molecular weight is 275 g/mol. The van der Waals surface area contributed by atoms with Gasteiger partial charge in [-0.2, -0.15) is 0 Å². The summed E-state index contributed by atoms with van der Waals surface area (Å²) < 4.78 is 5.98. The minimum Gasteiger partial charge on any atom is -0.453 e. The highest BCUT2D eigenvalue weighted by molar-refractivity contribution is 9.10. The highest BCUT2D eigenvalue weighted by Crippen LogP contribution is 2.14. The number of nitrogens with two attached hydrogens (primary N) is 1. The topological polar surface area (TPSA) is 68.3 Å². The third kappa shape index (κ3) is 3.68. The molecule has 0 spiro atoms. The molecule has 1 amide bonds. The molecule has 1 aromatic heterocycles. The Morgan fingerprint density at radius 2 is 2.27 bits per heavy atom. The number of hydrogen-bond donors (Lipinski definition) is 2. The van der Waals surface area contributed by atoms with E-state index in [9.17, 15) is 4.79 Å². The van der Waals surface area contributed by atoms with Gasteiger partial charge in [-0.15, -0.1) is 0 Å². The lowest BCUT2D eigenvalue weighted by molar-refractivity contribution is -0.121. The fraction of sp³-hybridized carbons (Fsp3) is 0.500. The molecule has 1 heterocycles. The smallest absolute Gasteiger partial charge is 0.234 e.